The van der Waals surface area contributed by atoms with Crippen molar-refractivity contribution in [3.8, 4) is 5.75 Å². The van der Waals surface area contributed by atoms with E-state index in [0.29, 0.717) is 5.56 Å². The summed E-state index contributed by atoms with van der Waals surface area (Å²) >= 11 is 6.25. The van der Waals surface area contributed by atoms with Crippen molar-refractivity contribution >= 4 is 57.8 Å². The average Bonchev–Trinajstić information content (AvgIpc) is 2.97. The fourth-order valence-corrected chi connectivity index (χ4v) is 4.12. The second-order valence-corrected chi connectivity index (χ2v) is 7.98. The van der Waals surface area contributed by atoms with Gasteiger partial charge < -0.3 is 15.5 Å². The number of aromatic hydroxyl groups is 1. The molecule has 0 spiro atoms. The highest BCUT2D eigenvalue weighted by molar-refractivity contribution is 8.26. The number of carbonyl (C=O) groups is 3. The number of hydrogen-bond acceptors (Lipinski definition) is 6. The first kappa shape index (κ1) is 21.5. The summed E-state index contributed by atoms with van der Waals surface area (Å²) in [6.07, 6.45) is 1.55. The fourth-order valence-electron chi connectivity index (χ4n) is 2.70. The number of anilines is 1. The molecular formula is C20H15FN2O5S2. The number of phenolic OH excluding ortho intramolecular Hbond substituents is 1. The summed E-state index contributed by atoms with van der Waals surface area (Å²) in [5, 5.41) is 21.2. The minimum absolute atomic E-state index is 0.0237. The van der Waals surface area contributed by atoms with Crippen LogP contribution in [0.4, 0.5) is 10.1 Å². The molecule has 2 amide bonds. The zero-order chi connectivity index (χ0) is 22.0. The first-order chi connectivity index (χ1) is 14.2. The SMILES string of the molecule is CC(C(=O)Nc1ccc(O)cc1C(=O)O)N1C(=O)C(=Cc2ccc(F)cc2)SC1=S. The van der Waals surface area contributed by atoms with Crippen molar-refractivity contribution < 1.29 is 29.0 Å². The number of hydrogen-bond donors (Lipinski definition) is 3. The summed E-state index contributed by atoms with van der Waals surface area (Å²) in [6, 6.07) is 8.02. The predicted octanol–water partition coefficient (Wildman–Crippen LogP) is 3.46. The molecule has 10 heteroatoms. The van der Waals surface area contributed by atoms with Gasteiger partial charge in [0.25, 0.3) is 5.91 Å². The minimum Gasteiger partial charge on any atom is -0.508 e. The highest BCUT2D eigenvalue weighted by Gasteiger charge is 2.38. The summed E-state index contributed by atoms with van der Waals surface area (Å²) in [6.45, 7) is 1.46. The Labute approximate surface area is 180 Å². The van der Waals surface area contributed by atoms with Gasteiger partial charge in [-0.15, -0.1) is 0 Å². The normalized spacial score (nSPS) is 16.1. The van der Waals surface area contributed by atoms with Crippen LogP contribution < -0.4 is 5.32 Å². The predicted molar refractivity (Wildman–Crippen MR) is 115 cm³/mol. The van der Waals surface area contributed by atoms with E-state index in [1.54, 1.807) is 6.08 Å². The Morgan fingerprint density at radius 1 is 1.23 bits per heavy atom. The van der Waals surface area contributed by atoms with E-state index in [2.05, 4.69) is 5.32 Å². The van der Waals surface area contributed by atoms with E-state index < -0.39 is 29.6 Å². The molecule has 1 heterocycles. The zero-order valence-electron chi connectivity index (χ0n) is 15.5. The summed E-state index contributed by atoms with van der Waals surface area (Å²) in [7, 11) is 0. The number of benzene rings is 2. The topological polar surface area (TPSA) is 107 Å². The molecule has 1 fully saturated rings. The van der Waals surface area contributed by atoms with Crippen molar-refractivity contribution in [3.05, 3.63) is 64.3 Å². The lowest BCUT2D eigenvalue weighted by molar-refractivity contribution is -0.129. The lowest BCUT2D eigenvalue weighted by Crippen LogP contribution is -2.44. The fraction of sp³-hybridized carbons (Fsp3) is 0.100. The van der Waals surface area contributed by atoms with E-state index in [9.17, 15) is 29.0 Å². The molecule has 0 aliphatic carbocycles. The Hall–Kier alpha value is -3.24. The van der Waals surface area contributed by atoms with Crippen molar-refractivity contribution in [1.29, 1.82) is 0 Å². The molecule has 1 atom stereocenters. The van der Waals surface area contributed by atoms with Crippen LogP contribution in [0.15, 0.2) is 47.4 Å². The third kappa shape index (κ3) is 4.50. The van der Waals surface area contributed by atoms with Crippen LogP contribution in [0.5, 0.6) is 5.75 Å². The molecule has 1 unspecified atom stereocenters. The Morgan fingerprint density at radius 2 is 1.90 bits per heavy atom. The van der Waals surface area contributed by atoms with Crippen LogP contribution in [0.25, 0.3) is 6.08 Å². The number of carboxylic acids is 1. The number of nitrogens with zero attached hydrogens (tertiary/aromatic N) is 1. The van der Waals surface area contributed by atoms with Crippen LogP contribution in [-0.2, 0) is 9.59 Å². The largest absolute Gasteiger partial charge is 0.508 e. The Bertz CT molecular complexity index is 1090. The molecule has 2 aromatic rings. The van der Waals surface area contributed by atoms with Crippen LogP contribution in [-0.4, -0.2) is 43.3 Å². The van der Waals surface area contributed by atoms with E-state index in [1.807, 2.05) is 0 Å². The van der Waals surface area contributed by atoms with Crippen LogP contribution in [0, 0.1) is 5.82 Å². The van der Waals surface area contributed by atoms with Gasteiger partial charge in [-0.3, -0.25) is 14.5 Å². The highest BCUT2D eigenvalue weighted by Crippen LogP contribution is 2.34. The first-order valence-corrected chi connectivity index (χ1v) is 9.79. The molecule has 0 saturated carbocycles. The van der Waals surface area contributed by atoms with Crippen LogP contribution in [0.2, 0.25) is 0 Å². The first-order valence-electron chi connectivity index (χ1n) is 8.57. The standard InChI is InChI=1S/C20H15FN2O5S2/c1-10(17(25)22-15-7-6-13(24)9-14(15)19(27)28)23-18(26)16(30-20(23)29)8-11-2-4-12(21)5-3-11/h2-10,24H,1H3,(H,22,25)(H,27,28). The van der Waals surface area contributed by atoms with Crippen LogP contribution >= 0.6 is 24.0 Å². The molecule has 0 aromatic heterocycles. The smallest absolute Gasteiger partial charge is 0.337 e. The molecule has 7 nitrogen and oxygen atoms in total. The molecule has 0 radical (unpaired) electrons. The summed E-state index contributed by atoms with van der Waals surface area (Å²) in [5.74, 6) is -3.13. The third-order valence-electron chi connectivity index (χ3n) is 4.25. The number of thioether (sulfide) groups is 1. The van der Waals surface area contributed by atoms with Gasteiger partial charge in [-0.2, -0.15) is 0 Å². The van der Waals surface area contributed by atoms with E-state index in [4.69, 9.17) is 12.2 Å². The van der Waals surface area contributed by atoms with Crippen molar-refractivity contribution in [3.63, 3.8) is 0 Å². The van der Waals surface area contributed by atoms with Gasteiger partial charge in [-0.05, 0) is 48.9 Å². The maximum Gasteiger partial charge on any atom is 0.337 e. The Morgan fingerprint density at radius 3 is 2.53 bits per heavy atom. The number of amides is 2. The van der Waals surface area contributed by atoms with Crippen LogP contribution in [0.1, 0.15) is 22.8 Å². The second-order valence-electron chi connectivity index (χ2n) is 6.30. The number of carbonyl (C=O) groups excluding carboxylic acids is 2. The Kier molecular flexibility index (Phi) is 6.18. The van der Waals surface area contributed by atoms with Gasteiger partial charge in [0.05, 0.1) is 16.2 Å². The van der Waals surface area contributed by atoms with E-state index in [-0.39, 0.29) is 26.2 Å². The van der Waals surface area contributed by atoms with Crippen LogP contribution in [0.3, 0.4) is 0 Å². The molecular weight excluding hydrogens is 431 g/mol. The number of carboxylic acid groups (broad SMARTS) is 1. The highest BCUT2D eigenvalue weighted by atomic mass is 32.2. The second kappa shape index (κ2) is 8.64. The minimum atomic E-state index is -1.33. The van der Waals surface area contributed by atoms with Gasteiger partial charge in [0.1, 0.15) is 21.9 Å². The van der Waals surface area contributed by atoms with Crippen molar-refractivity contribution in [1.82, 2.24) is 4.90 Å². The molecule has 30 heavy (non-hydrogen) atoms. The number of rotatable bonds is 5. The third-order valence-corrected chi connectivity index (χ3v) is 5.58. The molecule has 0 bridgehead atoms. The van der Waals surface area contributed by atoms with Gasteiger partial charge in [-0.1, -0.05) is 36.1 Å². The van der Waals surface area contributed by atoms with Gasteiger partial charge in [0.2, 0.25) is 5.91 Å². The Balaban J connectivity index is 1.79. The summed E-state index contributed by atoms with van der Waals surface area (Å²) < 4.78 is 13.2. The zero-order valence-corrected chi connectivity index (χ0v) is 17.1. The van der Waals surface area contributed by atoms with Crippen molar-refractivity contribution in [2.45, 2.75) is 13.0 Å². The lowest BCUT2D eigenvalue weighted by atomic mass is 10.1. The van der Waals surface area contributed by atoms with Gasteiger partial charge in [0.15, 0.2) is 0 Å². The maximum atomic E-state index is 13.1. The van der Waals surface area contributed by atoms with Gasteiger partial charge in [0, 0.05) is 0 Å². The molecule has 3 N–H and O–H groups in total. The van der Waals surface area contributed by atoms with E-state index >= 15 is 0 Å². The summed E-state index contributed by atoms with van der Waals surface area (Å²) in [5.41, 5.74) is 0.283. The van der Waals surface area contributed by atoms with E-state index in [0.717, 1.165) is 22.7 Å². The van der Waals surface area contributed by atoms with Gasteiger partial charge in [-0.25, -0.2) is 9.18 Å². The van der Waals surface area contributed by atoms with Crippen molar-refractivity contribution in [2.75, 3.05) is 5.32 Å². The molecule has 1 aliphatic rings. The quantitative estimate of drug-likeness (QED) is 0.367. The molecule has 1 aliphatic heterocycles. The molecule has 2 aromatic carbocycles. The molecule has 1 saturated heterocycles. The summed E-state index contributed by atoms with van der Waals surface area (Å²) in [4.78, 5) is 38.2. The lowest BCUT2D eigenvalue weighted by Gasteiger charge is -2.22. The van der Waals surface area contributed by atoms with Crippen molar-refractivity contribution in [2.24, 2.45) is 0 Å². The molecule has 154 valence electrons. The number of thiocarbonyl (C=S) groups is 1. The van der Waals surface area contributed by atoms with E-state index in [1.165, 1.54) is 43.3 Å². The maximum absolute atomic E-state index is 13.1. The number of aromatic carboxylic acids is 1. The monoisotopic (exact) mass is 446 g/mol. The number of nitrogens with one attached hydrogen (secondary N) is 1. The molecule has 3 rings (SSSR count). The van der Waals surface area contributed by atoms with Gasteiger partial charge >= 0.3 is 5.97 Å². The average molecular weight is 446 g/mol. The number of phenols is 1. The number of halogens is 1.